The van der Waals surface area contributed by atoms with Crippen molar-refractivity contribution in [1.29, 1.82) is 0 Å². The predicted octanol–water partition coefficient (Wildman–Crippen LogP) is -2.73. The molecule has 1 amide bonds. The molecule has 3 aliphatic rings. The van der Waals surface area contributed by atoms with Gasteiger partial charge < -0.3 is 24.6 Å². The van der Waals surface area contributed by atoms with Crippen molar-refractivity contribution in [2.45, 2.75) is 44.8 Å². The van der Waals surface area contributed by atoms with Crippen LogP contribution in [-0.2, 0) is 14.3 Å². The van der Waals surface area contributed by atoms with E-state index in [1.807, 2.05) is 0 Å². The van der Waals surface area contributed by atoms with Gasteiger partial charge in [-0.15, -0.1) is 0 Å². The van der Waals surface area contributed by atoms with E-state index in [2.05, 4.69) is 4.98 Å². The van der Waals surface area contributed by atoms with Crippen molar-refractivity contribution >= 4 is 17.8 Å². The molecule has 1 aromatic heterocycles. The Bertz CT molecular complexity index is 872. The maximum atomic E-state index is 12.5. The second kappa shape index (κ2) is 9.18. The molecule has 30 heavy (non-hydrogen) atoms. The van der Waals surface area contributed by atoms with E-state index in [-0.39, 0.29) is 65.6 Å². The number of nitrogens with zero attached hydrogens (tertiary/aromatic N) is 2. The van der Waals surface area contributed by atoms with Gasteiger partial charge in [0.05, 0.1) is 41.9 Å². The minimum absolute atomic E-state index is 0. The number of hydrogen-bond donors (Lipinski definition) is 1. The third kappa shape index (κ3) is 3.82. The molecule has 3 heterocycles. The van der Waals surface area contributed by atoms with E-state index in [1.54, 1.807) is 25.3 Å². The summed E-state index contributed by atoms with van der Waals surface area (Å²) >= 11 is 0. The standard InChI is InChI=1S/C21H24N2O6.Na/c1-11(24)15-17-14-6-2-4-12(16(14)18(20(26)27)23(17)19(15)25)7-9-29-21(28)13-5-3-8-22-10-13;/h3,5,8,10-12,14-15,17,24H,2,4,6-7,9H2,1H3,(H,26,27);/q;+1/p-1/t11-,12-,14+,15-,17-;/m1./s1. The number of fused-ring (bicyclic) bond motifs is 3. The van der Waals surface area contributed by atoms with Gasteiger partial charge >= 0.3 is 35.5 Å². The molecule has 0 aromatic carbocycles. The molecule has 0 radical (unpaired) electrons. The average Bonchev–Trinajstić information content (AvgIpc) is 3.00. The Balaban J connectivity index is 0.00000256. The number of hydrogen-bond acceptors (Lipinski definition) is 7. The first-order valence-corrected chi connectivity index (χ1v) is 9.95. The first-order chi connectivity index (χ1) is 13.9. The number of esters is 1. The molecule has 1 N–H and O–H groups in total. The first kappa shape index (κ1) is 22.9. The minimum Gasteiger partial charge on any atom is -0.543 e. The van der Waals surface area contributed by atoms with Crippen LogP contribution in [0.15, 0.2) is 35.8 Å². The molecule has 5 atom stereocenters. The molecule has 4 rings (SSSR count). The molecular formula is C21H23N2NaO6. The number of pyridine rings is 1. The quantitative estimate of drug-likeness (QED) is 0.300. The summed E-state index contributed by atoms with van der Waals surface area (Å²) in [6.07, 6.45) is 5.07. The third-order valence-electron chi connectivity index (χ3n) is 6.33. The van der Waals surface area contributed by atoms with Crippen LogP contribution in [0.3, 0.4) is 0 Å². The Hall–Kier alpha value is -1.74. The van der Waals surface area contributed by atoms with Crippen LogP contribution in [0.2, 0.25) is 0 Å². The van der Waals surface area contributed by atoms with Crippen molar-refractivity contribution < 1.29 is 58.9 Å². The number of amides is 1. The van der Waals surface area contributed by atoms with Crippen molar-refractivity contribution in [3.05, 3.63) is 41.4 Å². The maximum Gasteiger partial charge on any atom is 1.00 e. The number of aliphatic hydroxyl groups excluding tert-OH is 1. The number of rotatable bonds is 6. The van der Waals surface area contributed by atoms with Gasteiger partial charge in [-0.05, 0) is 49.8 Å². The van der Waals surface area contributed by atoms with Crippen molar-refractivity contribution in [2.75, 3.05) is 6.61 Å². The van der Waals surface area contributed by atoms with Crippen LogP contribution in [0, 0.1) is 17.8 Å². The largest absolute Gasteiger partial charge is 1.00 e. The van der Waals surface area contributed by atoms with E-state index in [1.165, 1.54) is 11.1 Å². The van der Waals surface area contributed by atoms with E-state index in [0.717, 1.165) is 24.8 Å². The summed E-state index contributed by atoms with van der Waals surface area (Å²) in [4.78, 5) is 41.6. The van der Waals surface area contributed by atoms with Gasteiger partial charge in [0.25, 0.3) is 0 Å². The Labute approximate surface area is 196 Å². The molecule has 9 heteroatoms. The Morgan fingerprint density at radius 3 is 2.80 bits per heavy atom. The molecule has 1 saturated heterocycles. The number of aliphatic carboxylic acids is 1. The molecule has 154 valence electrons. The molecule has 2 aliphatic heterocycles. The van der Waals surface area contributed by atoms with Crippen LogP contribution in [0.4, 0.5) is 0 Å². The monoisotopic (exact) mass is 422 g/mol. The van der Waals surface area contributed by atoms with Gasteiger partial charge in [-0.3, -0.25) is 9.78 Å². The summed E-state index contributed by atoms with van der Waals surface area (Å²) in [5.74, 6) is -2.95. The van der Waals surface area contributed by atoms with Crippen LogP contribution >= 0.6 is 0 Å². The van der Waals surface area contributed by atoms with Gasteiger partial charge in [0.15, 0.2) is 0 Å². The number of carbonyl (C=O) groups is 3. The summed E-state index contributed by atoms with van der Waals surface area (Å²) in [5.41, 5.74) is 1.04. The van der Waals surface area contributed by atoms with Gasteiger partial charge in [0.2, 0.25) is 5.91 Å². The fourth-order valence-electron chi connectivity index (χ4n) is 5.15. The SMILES string of the molecule is C[C@@H](O)[C@H]1C(=O)N2C(C(=O)[O-])=C3[C@@H](CCOC(=O)c4cccnc4)CCC[C@@H]3[C@H]12.[Na+]. The second-order valence-electron chi connectivity index (χ2n) is 7.96. The number of carbonyl (C=O) groups excluding carboxylic acids is 3. The van der Waals surface area contributed by atoms with Gasteiger partial charge in [0, 0.05) is 18.3 Å². The van der Waals surface area contributed by atoms with Crippen molar-refractivity contribution in [2.24, 2.45) is 17.8 Å². The molecule has 0 unspecified atom stereocenters. The van der Waals surface area contributed by atoms with Crippen molar-refractivity contribution in [1.82, 2.24) is 9.88 Å². The fraction of sp³-hybridized carbons (Fsp3) is 0.524. The van der Waals surface area contributed by atoms with E-state index in [4.69, 9.17) is 4.74 Å². The zero-order valence-electron chi connectivity index (χ0n) is 17.1. The summed E-state index contributed by atoms with van der Waals surface area (Å²) in [6, 6.07) is 2.95. The number of aromatic nitrogens is 1. The number of aliphatic hydroxyl groups is 1. The molecule has 8 nitrogen and oxygen atoms in total. The summed E-state index contributed by atoms with van der Waals surface area (Å²) in [7, 11) is 0. The second-order valence-corrected chi connectivity index (χ2v) is 7.96. The van der Waals surface area contributed by atoms with Gasteiger partial charge in [-0.1, -0.05) is 6.42 Å². The summed E-state index contributed by atoms with van der Waals surface area (Å²) in [6.45, 7) is 1.71. The van der Waals surface area contributed by atoms with Gasteiger partial charge in [-0.2, -0.15) is 0 Å². The third-order valence-corrected chi connectivity index (χ3v) is 6.33. The van der Waals surface area contributed by atoms with Crippen LogP contribution in [0.5, 0.6) is 0 Å². The summed E-state index contributed by atoms with van der Waals surface area (Å²) < 4.78 is 5.34. The molecule has 2 fully saturated rings. The van der Waals surface area contributed by atoms with E-state index < -0.39 is 24.0 Å². The number of β-lactam (4-membered cyclic amide) rings is 1. The van der Waals surface area contributed by atoms with E-state index >= 15 is 0 Å². The first-order valence-electron chi connectivity index (χ1n) is 9.95. The molecule has 0 spiro atoms. The zero-order valence-corrected chi connectivity index (χ0v) is 19.1. The topological polar surface area (TPSA) is 120 Å². The van der Waals surface area contributed by atoms with Crippen LogP contribution in [0.25, 0.3) is 0 Å². The predicted molar refractivity (Wildman–Crippen MR) is 97.8 cm³/mol. The zero-order chi connectivity index (χ0) is 20.7. The van der Waals surface area contributed by atoms with E-state index in [9.17, 15) is 24.6 Å². The molecule has 1 saturated carbocycles. The molecular weight excluding hydrogens is 399 g/mol. The molecule has 1 aromatic rings. The number of ether oxygens (including phenoxy) is 1. The van der Waals surface area contributed by atoms with Crippen molar-refractivity contribution in [3.63, 3.8) is 0 Å². The van der Waals surface area contributed by atoms with Crippen molar-refractivity contribution in [3.8, 4) is 0 Å². The number of carboxylic acid groups (broad SMARTS) is 1. The van der Waals surface area contributed by atoms with Gasteiger partial charge in [0.1, 0.15) is 0 Å². The van der Waals surface area contributed by atoms with Crippen LogP contribution < -0.4 is 34.7 Å². The summed E-state index contributed by atoms with van der Waals surface area (Å²) in [5, 5.41) is 21.9. The molecule has 0 bridgehead atoms. The Morgan fingerprint density at radius 1 is 1.40 bits per heavy atom. The molecule has 1 aliphatic carbocycles. The fourth-order valence-corrected chi connectivity index (χ4v) is 5.15. The normalized spacial score (nSPS) is 28.1. The smallest absolute Gasteiger partial charge is 0.543 e. The van der Waals surface area contributed by atoms with Crippen LogP contribution in [-0.4, -0.2) is 51.6 Å². The minimum atomic E-state index is -1.36. The number of carboxylic acids is 1. The van der Waals surface area contributed by atoms with Gasteiger partial charge in [-0.25, -0.2) is 4.79 Å². The van der Waals surface area contributed by atoms with E-state index in [0.29, 0.717) is 12.0 Å². The maximum absolute atomic E-state index is 12.5. The average molecular weight is 422 g/mol. The Kier molecular flexibility index (Phi) is 7.02. The van der Waals surface area contributed by atoms with Crippen LogP contribution in [0.1, 0.15) is 43.0 Å². The Morgan fingerprint density at radius 2 is 2.17 bits per heavy atom.